The first-order chi connectivity index (χ1) is 23.1. The molecule has 1 aliphatic heterocycles. The third-order valence-electron chi connectivity index (χ3n) is 7.93. The van der Waals surface area contributed by atoms with Crippen molar-refractivity contribution in [2.75, 3.05) is 6.61 Å². The molecule has 0 saturated heterocycles. The van der Waals surface area contributed by atoms with Gasteiger partial charge in [-0.05, 0) is 47.1 Å². The number of benzene rings is 2. The second kappa shape index (κ2) is 14.0. The topological polar surface area (TPSA) is 134 Å². The van der Waals surface area contributed by atoms with E-state index in [0.717, 1.165) is 11.0 Å². The zero-order valence-corrected chi connectivity index (χ0v) is 27.9. The number of hydrogen-bond acceptors (Lipinski definition) is 8. The predicted octanol–water partition coefficient (Wildman–Crippen LogP) is 6.99. The molecule has 4 aromatic rings. The first kappa shape index (κ1) is 35.5. The quantitative estimate of drug-likeness (QED) is 0.124. The van der Waals surface area contributed by atoms with Crippen LogP contribution in [0.25, 0.3) is 16.8 Å². The molecule has 11 nitrogen and oxygen atoms in total. The van der Waals surface area contributed by atoms with Crippen LogP contribution in [0.3, 0.4) is 0 Å². The summed E-state index contributed by atoms with van der Waals surface area (Å²) in [5.74, 6) is -1.82. The third kappa shape index (κ3) is 7.31. The molecule has 0 aliphatic carbocycles. The number of ether oxygens (including phenoxy) is 1. The van der Waals surface area contributed by atoms with Crippen molar-refractivity contribution in [1.29, 1.82) is 0 Å². The van der Waals surface area contributed by atoms with Crippen molar-refractivity contribution in [2.24, 2.45) is 16.1 Å². The van der Waals surface area contributed by atoms with Gasteiger partial charge in [0.25, 0.3) is 12.3 Å². The van der Waals surface area contributed by atoms with E-state index >= 15 is 0 Å². The standard InChI is InChI=1S/C33H35ClF4N8O3/c1-5-6-26(47)49-16-25(20-9-12-23(34)24(13-20)46-28(27(35)36)40-18-42-46)45-29(48)33(43-31(45)39,17-32(2,3)4)22-10-7-19(8-11-22)21-14-41-44(15-21)30(37)38/h7-15,18,25,27,30H,5-6,16-17H2,1-4H3,(H2,39,43)/t25-,33-/m1/s1. The minimum atomic E-state index is -2.96. The summed E-state index contributed by atoms with van der Waals surface area (Å²) in [6, 6.07) is 10.2. The van der Waals surface area contributed by atoms with Crippen LogP contribution in [0.1, 0.15) is 82.9 Å². The Balaban J connectivity index is 1.58. The monoisotopic (exact) mass is 702 g/mol. The van der Waals surface area contributed by atoms with Crippen LogP contribution in [-0.4, -0.2) is 53.9 Å². The number of aliphatic imine (C=N–C) groups is 1. The van der Waals surface area contributed by atoms with Crippen molar-refractivity contribution in [3.8, 4) is 16.8 Å². The lowest BCUT2D eigenvalue weighted by atomic mass is 9.75. The van der Waals surface area contributed by atoms with Gasteiger partial charge in [0, 0.05) is 18.2 Å². The largest absolute Gasteiger partial charge is 0.463 e. The van der Waals surface area contributed by atoms with Gasteiger partial charge in [0.05, 0.1) is 22.9 Å². The normalized spacial score (nSPS) is 17.2. The molecule has 49 heavy (non-hydrogen) atoms. The molecule has 1 aliphatic rings. The molecule has 0 bridgehead atoms. The van der Waals surface area contributed by atoms with Crippen LogP contribution in [0, 0.1) is 5.41 Å². The van der Waals surface area contributed by atoms with E-state index in [9.17, 15) is 27.2 Å². The molecule has 2 N–H and O–H groups in total. The average Bonchev–Trinajstić information content (AvgIpc) is 3.78. The summed E-state index contributed by atoms with van der Waals surface area (Å²) in [6.45, 7) is 4.51. The number of amides is 1. The molecule has 2 aromatic heterocycles. The van der Waals surface area contributed by atoms with E-state index < -0.39 is 47.7 Å². The highest BCUT2D eigenvalue weighted by atomic mass is 35.5. The Hall–Kier alpha value is -4.79. The maximum atomic E-state index is 14.8. The van der Waals surface area contributed by atoms with E-state index in [1.807, 2.05) is 27.7 Å². The Labute approximate surface area is 284 Å². The Morgan fingerprint density at radius 3 is 2.39 bits per heavy atom. The second-order valence-electron chi connectivity index (χ2n) is 12.8. The van der Waals surface area contributed by atoms with Gasteiger partial charge in [0.1, 0.15) is 12.9 Å². The average molecular weight is 703 g/mol. The summed E-state index contributed by atoms with van der Waals surface area (Å²) < 4.78 is 60.8. The summed E-state index contributed by atoms with van der Waals surface area (Å²) in [5.41, 5.74) is 6.53. The first-order valence-corrected chi connectivity index (χ1v) is 15.8. The Kier molecular flexibility index (Phi) is 10.1. The van der Waals surface area contributed by atoms with Crippen LogP contribution >= 0.6 is 11.6 Å². The highest BCUT2D eigenvalue weighted by Gasteiger charge is 2.53. The highest BCUT2D eigenvalue weighted by Crippen LogP contribution is 2.45. The van der Waals surface area contributed by atoms with Gasteiger partial charge >= 0.3 is 12.5 Å². The second-order valence-corrected chi connectivity index (χ2v) is 13.2. The molecule has 16 heteroatoms. The number of aromatic nitrogens is 5. The van der Waals surface area contributed by atoms with Gasteiger partial charge in [-0.25, -0.2) is 28.1 Å². The summed E-state index contributed by atoms with van der Waals surface area (Å²) in [7, 11) is 0. The van der Waals surface area contributed by atoms with Gasteiger partial charge in [-0.1, -0.05) is 69.6 Å². The summed E-state index contributed by atoms with van der Waals surface area (Å²) in [5, 5.41) is 7.69. The molecule has 2 atom stereocenters. The number of alkyl halides is 4. The number of rotatable bonds is 12. The van der Waals surface area contributed by atoms with Crippen molar-refractivity contribution in [1.82, 2.24) is 29.4 Å². The molecule has 0 fully saturated rings. The number of halogens is 5. The van der Waals surface area contributed by atoms with Crippen LogP contribution in [0.4, 0.5) is 17.6 Å². The minimum Gasteiger partial charge on any atom is -0.463 e. The van der Waals surface area contributed by atoms with Crippen LogP contribution in [0.5, 0.6) is 0 Å². The van der Waals surface area contributed by atoms with Gasteiger partial charge in [0.2, 0.25) is 0 Å². The van der Waals surface area contributed by atoms with Gasteiger partial charge < -0.3 is 10.5 Å². The number of nitrogens with zero attached hydrogens (tertiary/aromatic N) is 7. The lowest BCUT2D eigenvalue weighted by molar-refractivity contribution is -0.147. The molecule has 0 saturated carbocycles. The van der Waals surface area contributed by atoms with Crippen LogP contribution in [-0.2, 0) is 19.9 Å². The lowest BCUT2D eigenvalue weighted by Crippen LogP contribution is -2.47. The summed E-state index contributed by atoms with van der Waals surface area (Å²) in [6.07, 6.45) is 1.42. The van der Waals surface area contributed by atoms with Crippen molar-refractivity contribution < 1.29 is 31.9 Å². The highest BCUT2D eigenvalue weighted by molar-refractivity contribution is 6.32. The zero-order chi connectivity index (χ0) is 35.7. The number of hydrogen-bond donors (Lipinski definition) is 1. The predicted molar refractivity (Wildman–Crippen MR) is 173 cm³/mol. The summed E-state index contributed by atoms with van der Waals surface area (Å²) >= 11 is 6.44. The fraction of sp³-hybridized carbons (Fsp3) is 0.394. The zero-order valence-electron chi connectivity index (χ0n) is 27.2. The molecule has 5 rings (SSSR count). The maximum absolute atomic E-state index is 14.8. The van der Waals surface area contributed by atoms with Gasteiger partial charge in [-0.15, -0.1) is 0 Å². The molecule has 0 spiro atoms. The van der Waals surface area contributed by atoms with Gasteiger partial charge in [-0.2, -0.15) is 19.0 Å². The van der Waals surface area contributed by atoms with Crippen molar-refractivity contribution in [3.63, 3.8) is 0 Å². The summed E-state index contributed by atoms with van der Waals surface area (Å²) in [4.78, 5) is 37.0. The van der Waals surface area contributed by atoms with E-state index in [1.165, 1.54) is 29.4 Å². The van der Waals surface area contributed by atoms with Gasteiger partial charge in [0.15, 0.2) is 17.3 Å². The van der Waals surface area contributed by atoms with E-state index in [0.29, 0.717) is 33.4 Å². The number of carbonyl (C=O) groups is 2. The molecule has 0 unspecified atom stereocenters. The Bertz CT molecular complexity index is 1850. The van der Waals surface area contributed by atoms with E-state index in [4.69, 9.17) is 27.1 Å². The number of esters is 1. The molecule has 260 valence electrons. The van der Waals surface area contributed by atoms with E-state index in [-0.39, 0.29) is 36.1 Å². The maximum Gasteiger partial charge on any atom is 0.333 e. The number of nitrogens with two attached hydrogens (primary N) is 1. The van der Waals surface area contributed by atoms with E-state index in [1.54, 1.807) is 30.3 Å². The SMILES string of the molecule is CCCC(=O)OC[C@H](c1ccc(Cl)c(-n2ncnc2C(F)F)c1)N1C(=O)[C@@](CC(C)(C)C)(c2ccc(-c3cnn(C(F)F)c3)cc2)N=C1N. The van der Waals surface area contributed by atoms with Crippen LogP contribution < -0.4 is 5.73 Å². The van der Waals surface area contributed by atoms with Gasteiger partial charge in [-0.3, -0.25) is 14.5 Å². The Morgan fingerprint density at radius 1 is 1.06 bits per heavy atom. The third-order valence-corrected chi connectivity index (χ3v) is 8.25. The van der Waals surface area contributed by atoms with Crippen LogP contribution in [0.2, 0.25) is 5.02 Å². The van der Waals surface area contributed by atoms with Crippen molar-refractivity contribution in [2.45, 2.75) is 71.5 Å². The molecular formula is C33H35ClF4N8O3. The van der Waals surface area contributed by atoms with Crippen molar-refractivity contribution in [3.05, 3.63) is 83.2 Å². The molecule has 1 amide bonds. The molecule has 2 aromatic carbocycles. The lowest BCUT2D eigenvalue weighted by Gasteiger charge is -2.35. The first-order valence-electron chi connectivity index (χ1n) is 15.4. The number of carbonyl (C=O) groups excluding carboxylic acids is 2. The smallest absolute Gasteiger partial charge is 0.333 e. The van der Waals surface area contributed by atoms with Crippen LogP contribution in [0.15, 0.2) is 66.2 Å². The minimum absolute atomic E-state index is 0.0608. The fourth-order valence-corrected chi connectivity index (χ4v) is 6.06. The Morgan fingerprint density at radius 2 is 1.78 bits per heavy atom. The number of guanidine groups is 1. The van der Waals surface area contributed by atoms with Crippen molar-refractivity contribution >= 4 is 29.4 Å². The fourth-order valence-electron chi connectivity index (χ4n) is 5.86. The molecule has 0 radical (unpaired) electrons. The molecular weight excluding hydrogens is 668 g/mol. The van der Waals surface area contributed by atoms with E-state index in [2.05, 4.69) is 15.2 Å². The molecule has 3 heterocycles.